The van der Waals surface area contributed by atoms with E-state index in [1.54, 1.807) is 24.1 Å². The summed E-state index contributed by atoms with van der Waals surface area (Å²) in [4.78, 5) is 55.9. The summed E-state index contributed by atoms with van der Waals surface area (Å²) in [7, 11) is 4.56. The lowest BCUT2D eigenvalue weighted by Crippen LogP contribution is -2.98. The summed E-state index contributed by atoms with van der Waals surface area (Å²) in [5.74, 6) is 1.05. The Labute approximate surface area is 468 Å². The van der Waals surface area contributed by atoms with Gasteiger partial charge in [-0.25, -0.2) is 18.7 Å². The minimum Gasteiger partial charge on any atom is -0.629 e. The highest BCUT2D eigenvalue weighted by atomic mass is 32.2. The number of methoxy groups -OCH3 is 2. The number of amides is 2. The number of halogens is 2. The van der Waals surface area contributed by atoms with Crippen LogP contribution in [-0.2, 0) is 11.3 Å². The van der Waals surface area contributed by atoms with E-state index in [1.807, 2.05) is 12.1 Å². The Morgan fingerprint density at radius 1 is 0.938 bits per heavy atom. The number of piperazine rings is 1. The largest absolute Gasteiger partial charge is 0.629 e. The molecule has 2 amide bonds. The summed E-state index contributed by atoms with van der Waals surface area (Å²) in [6.07, 6.45) is 8.70. The van der Waals surface area contributed by atoms with Crippen LogP contribution in [-0.4, -0.2) is 137 Å². The van der Waals surface area contributed by atoms with Crippen molar-refractivity contribution in [2.75, 3.05) is 83.8 Å². The van der Waals surface area contributed by atoms with Gasteiger partial charge in [-0.15, -0.1) is 0 Å². The van der Waals surface area contributed by atoms with Crippen molar-refractivity contribution in [1.82, 2.24) is 44.3 Å². The van der Waals surface area contributed by atoms with Crippen LogP contribution in [0.25, 0.3) is 22.1 Å². The van der Waals surface area contributed by atoms with Crippen molar-refractivity contribution in [3.05, 3.63) is 119 Å². The highest BCUT2D eigenvalue weighted by Crippen LogP contribution is 2.53. The van der Waals surface area contributed by atoms with Crippen LogP contribution >= 0.6 is 11.9 Å². The number of hydrogen-bond donors (Lipinski definition) is 5. The lowest BCUT2D eigenvalue weighted by molar-refractivity contribution is -0.750. The number of hydroxylamine groups is 1. The average Bonchev–Trinajstić information content (AvgIpc) is 4.12. The van der Waals surface area contributed by atoms with E-state index < -0.39 is 17.4 Å². The van der Waals surface area contributed by atoms with Gasteiger partial charge in [-0.05, 0) is 77.8 Å². The molecular weight excluding hydrogens is 1040 g/mol. The number of pyridine rings is 2. The van der Waals surface area contributed by atoms with Gasteiger partial charge in [0.15, 0.2) is 11.4 Å². The van der Waals surface area contributed by atoms with Crippen LogP contribution in [0.4, 0.5) is 26.0 Å². The summed E-state index contributed by atoms with van der Waals surface area (Å²) in [6, 6.07) is 23.0. The smallest absolute Gasteiger partial charge is 0.266 e. The van der Waals surface area contributed by atoms with Crippen molar-refractivity contribution in [2.45, 2.75) is 94.4 Å². The fraction of sp³-hybridized carbons (Fsp3) is 0.441. The van der Waals surface area contributed by atoms with E-state index in [-0.39, 0.29) is 81.5 Å². The van der Waals surface area contributed by atoms with Crippen LogP contribution in [0.3, 0.4) is 0 Å². The molecule has 5 N–H and O–H groups in total. The van der Waals surface area contributed by atoms with Gasteiger partial charge in [0.2, 0.25) is 5.91 Å². The van der Waals surface area contributed by atoms with E-state index in [0.29, 0.717) is 52.5 Å². The molecule has 422 valence electrons. The highest BCUT2D eigenvalue weighted by Gasteiger charge is 2.50. The number of carbonyl (C=O) groups is 2. The molecule has 80 heavy (non-hydrogen) atoms. The van der Waals surface area contributed by atoms with E-state index in [2.05, 4.69) is 94.9 Å². The number of piperidine rings is 2. The van der Waals surface area contributed by atoms with Gasteiger partial charge < -0.3 is 49.6 Å². The van der Waals surface area contributed by atoms with Crippen LogP contribution < -0.4 is 34.2 Å². The van der Waals surface area contributed by atoms with Crippen LogP contribution in [0.2, 0.25) is 0 Å². The van der Waals surface area contributed by atoms with Crippen molar-refractivity contribution >= 4 is 63.0 Å². The molecule has 2 unspecified atom stereocenters. The average molecular weight is 1110 g/mol. The summed E-state index contributed by atoms with van der Waals surface area (Å²) < 4.78 is 51.6. The number of rotatable bonds is 17. The molecular formula is C59H70F2N12O6S. The number of benzene rings is 3. The third kappa shape index (κ3) is 11.2. The van der Waals surface area contributed by atoms with Gasteiger partial charge in [0, 0.05) is 121 Å². The van der Waals surface area contributed by atoms with Crippen LogP contribution in [0.1, 0.15) is 98.3 Å². The van der Waals surface area contributed by atoms with Crippen LogP contribution in [0, 0.1) is 16.4 Å². The second-order valence-electron chi connectivity index (χ2n) is 22.4. The Morgan fingerprint density at radius 2 is 1.70 bits per heavy atom. The third-order valence-electron chi connectivity index (χ3n) is 17.0. The molecule has 2 atom stereocenters. The first kappa shape index (κ1) is 54.9. The molecule has 18 nitrogen and oxygen atoms in total. The minimum absolute atomic E-state index is 0.0822. The van der Waals surface area contributed by atoms with E-state index in [9.17, 15) is 14.8 Å². The number of anilines is 2. The first-order valence-corrected chi connectivity index (χ1v) is 28.4. The van der Waals surface area contributed by atoms with E-state index in [1.165, 1.54) is 62.6 Å². The van der Waals surface area contributed by atoms with Gasteiger partial charge in [0.1, 0.15) is 51.2 Å². The van der Waals surface area contributed by atoms with E-state index in [0.717, 1.165) is 82.6 Å². The molecule has 0 bridgehead atoms. The van der Waals surface area contributed by atoms with Crippen molar-refractivity contribution in [1.29, 1.82) is 0 Å². The van der Waals surface area contributed by atoms with Gasteiger partial charge in [0.05, 0.1) is 43.4 Å². The summed E-state index contributed by atoms with van der Waals surface area (Å²) in [5.41, 5.74) is 4.64. The number of nitrogens with one attached hydrogen (secondary N) is 5. The van der Waals surface area contributed by atoms with Crippen molar-refractivity contribution in [3.8, 4) is 23.1 Å². The normalized spacial score (nSPS) is 19.1. The van der Waals surface area contributed by atoms with Crippen molar-refractivity contribution in [2.24, 2.45) is 5.41 Å². The molecule has 1 aliphatic carbocycles. The number of H-pyrrole nitrogens is 2. The molecule has 7 aromatic rings. The van der Waals surface area contributed by atoms with Crippen molar-refractivity contribution in [3.63, 3.8) is 0 Å². The number of carbonyl (C=O) groups excluding carboxylic acids is 2. The number of imidazole rings is 1. The molecule has 11 rings (SSSR count). The van der Waals surface area contributed by atoms with Crippen LogP contribution in [0.5, 0.6) is 23.1 Å². The SMILES string of the molecule is COc1ccc(CN2CCN(C3CC4(CCN(c5cc(Oc6cc7c(F)c[nH]c7nc6OC)c(C(=O)NSc6cc([NH+](C)[O-])c(NCC7(F)CCN(C(C)=O)CC7)c7nc[nH]c67)cn5)CC4)C3)C(c3ccccc3C(C)C)C2)cc1. The highest BCUT2D eigenvalue weighted by molar-refractivity contribution is 7.98. The number of aromatic amines is 2. The Bertz CT molecular complexity index is 3370. The Balaban J connectivity index is 0.804. The maximum absolute atomic E-state index is 16.1. The Morgan fingerprint density at radius 3 is 2.41 bits per heavy atom. The van der Waals surface area contributed by atoms with Gasteiger partial charge >= 0.3 is 0 Å². The van der Waals surface area contributed by atoms with E-state index >= 15 is 8.78 Å². The maximum Gasteiger partial charge on any atom is 0.266 e. The lowest BCUT2D eigenvalue weighted by Gasteiger charge is -2.58. The molecule has 3 aromatic carbocycles. The van der Waals surface area contributed by atoms with Gasteiger partial charge in [-0.2, -0.15) is 4.98 Å². The van der Waals surface area contributed by atoms with E-state index in [4.69, 9.17) is 19.2 Å². The van der Waals surface area contributed by atoms with Gasteiger partial charge in [-0.3, -0.25) is 24.1 Å². The molecule has 4 aliphatic rings. The number of quaternary nitrogens is 1. The fourth-order valence-corrected chi connectivity index (χ4v) is 13.2. The monoisotopic (exact) mass is 1110 g/mol. The number of aromatic nitrogens is 5. The third-order valence-corrected chi connectivity index (χ3v) is 17.9. The van der Waals surface area contributed by atoms with Crippen molar-refractivity contribution < 1.29 is 37.6 Å². The maximum atomic E-state index is 16.1. The predicted molar refractivity (Wildman–Crippen MR) is 305 cm³/mol. The zero-order valence-corrected chi connectivity index (χ0v) is 47.0. The Hall–Kier alpha value is -7.04. The molecule has 7 heterocycles. The molecule has 0 radical (unpaired) electrons. The van der Waals surface area contributed by atoms with Gasteiger partial charge in [0.25, 0.3) is 11.8 Å². The molecule has 4 fully saturated rings. The number of ether oxygens (including phenoxy) is 3. The molecule has 4 aromatic heterocycles. The van der Waals surface area contributed by atoms with Gasteiger partial charge in [-0.1, -0.05) is 50.2 Å². The topological polar surface area (TPSA) is 197 Å². The number of alkyl halides is 1. The zero-order chi connectivity index (χ0) is 55.9. The zero-order valence-electron chi connectivity index (χ0n) is 46.2. The Kier molecular flexibility index (Phi) is 15.7. The number of fused-ring (bicyclic) bond motifs is 2. The number of nitrogens with zero attached hydrogens (tertiary/aromatic N) is 7. The fourth-order valence-electron chi connectivity index (χ4n) is 12.4. The first-order valence-electron chi connectivity index (χ1n) is 27.6. The van der Waals surface area contributed by atoms with Crippen LogP contribution in [0.15, 0.2) is 90.3 Å². The molecule has 3 aliphatic heterocycles. The molecule has 3 saturated heterocycles. The standard InChI is InChI=1S/C59H70F2N12O6S/c1-36(2)41-9-7-8-10-42(41)47-33-70(32-38-11-13-40(77-5)14-12-38)23-24-73(47)39-28-58(29-39)15-19-72(20-16-58)51-27-48(79-49-25-43-45(60)31-63-55(43)67-57(49)78-6)44(30-62-51)56(75)68-80-50-26-46(69(4)76)52(54-53(50)65-35-66-54)64-34-59(61)17-21-71(22-18-59)37(3)74/h7-14,25-27,30-31,35-36,39,47,64,69H,15-24,28-29,32-34H2,1-6H3,(H,63,67)(H,65,66)(H,68,75). The summed E-state index contributed by atoms with van der Waals surface area (Å²) >= 11 is 0.970. The predicted octanol–water partition coefficient (Wildman–Crippen LogP) is 9.06. The summed E-state index contributed by atoms with van der Waals surface area (Å²) in [6.45, 7) is 11.9. The summed E-state index contributed by atoms with van der Waals surface area (Å²) in [5, 5.41) is 16.3. The molecule has 1 saturated carbocycles. The number of hydrogen-bond acceptors (Lipinski definition) is 14. The second-order valence-corrected chi connectivity index (χ2v) is 23.2. The minimum atomic E-state index is -1.60. The number of likely N-dealkylation sites (tertiary alicyclic amines) is 1. The molecule has 1 spiro atoms. The lowest BCUT2D eigenvalue weighted by atomic mass is 9.59. The quantitative estimate of drug-likeness (QED) is 0.0428. The first-order chi connectivity index (χ1) is 38.6. The molecule has 21 heteroatoms. The second kappa shape index (κ2) is 22.8.